The van der Waals surface area contributed by atoms with Crippen LogP contribution in [0.4, 0.5) is 0 Å². The van der Waals surface area contributed by atoms with Crippen molar-refractivity contribution in [1.29, 1.82) is 0 Å². The minimum atomic E-state index is -0.860. The second-order valence-corrected chi connectivity index (χ2v) is 8.44. The van der Waals surface area contributed by atoms with E-state index in [-0.39, 0.29) is 17.0 Å². The number of ketones is 1. The number of aromatic nitrogens is 1. The van der Waals surface area contributed by atoms with Crippen molar-refractivity contribution in [3.8, 4) is 0 Å². The number of hydrogen-bond acceptors (Lipinski definition) is 7. The zero-order valence-electron chi connectivity index (χ0n) is 20.7. The number of amides is 1. The van der Waals surface area contributed by atoms with Crippen LogP contribution in [0.1, 0.15) is 65.1 Å². The Hall–Kier alpha value is -3.33. The third-order valence-electron chi connectivity index (χ3n) is 6.40. The van der Waals surface area contributed by atoms with E-state index < -0.39 is 23.7 Å². The molecule has 2 N–H and O–H groups in total. The lowest BCUT2D eigenvalue weighted by molar-refractivity contribution is -0.140. The van der Waals surface area contributed by atoms with Gasteiger partial charge in [-0.15, -0.1) is 0 Å². The molecule has 3 heterocycles. The number of aliphatic hydroxyl groups excluding tert-OH is 1. The van der Waals surface area contributed by atoms with Gasteiger partial charge < -0.3 is 29.0 Å². The average molecular weight is 472 g/mol. The zero-order chi connectivity index (χ0) is 25.2. The minimum absolute atomic E-state index is 0.0520. The number of hydrogen-bond donors (Lipinski definition) is 2. The number of aliphatic hydroxyl groups is 1. The molecule has 1 atom stereocenters. The second-order valence-electron chi connectivity index (χ2n) is 8.44. The molecule has 1 unspecified atom stereocenters. The van der Waals surface area contributed by atoms with Crippen LogP contribution in [0.15, 0.2) is 22.1 Å². The summed E-state index contributed by atoms with van der Waals surface area (Å²) in [4.78, 5) is 45.0. The summed E-state index contributed by atoms with van der Waals surface area (Å²) in [6, 6.07) is 2.61. The third-order valence-corrected chi connectivity index (χ3v) is 6.40. The van der Waals surface area contributed by atoms with E-state index in [4.69, 9.17) is 9.15 Å². The molecule has 9 nitrogen and oxygen atoms in total. The maximum Gasteiger partial charge on any atom is 0.354 e. The van der Waals surface area contributed by atoms with E-state index in [0.29, 0.717) is 41.3 Å². The molecule has 0 aliphatic carbocycles. The summed E-state index contributed by atoms with van der Waals surface area (Å²) in [5.41, 5.74) is 1.35. The Morgan fingerprint density at radius 2 is 1.88 bits per heavy atom. The number of rotatable bonds is 9. The monoisotopic (exact) mass is 471 g/mol. The molecule has 1 aliphatic heterocycles. The quantitative estimate of drug-likeness (QED) is 0.249. The number of nitrogens with zero attached hydrogens (tertiary/aromatic N) is 2. The van der Waals surface area contributed by atoms with Gasteiger partial charge in [0, 0.05) is 17.8 Å². The molecule has 1 aliphatic rings. The predicted octanol–water partition coefficient (Wildman–Crippen LogP) is 3.47. The molecule has 0 spiro atoms. The molecule has 0 bridgehead atoms. The Morgan fingerprint density at radius 1 is 1.21 bits per heavy atom. The minimum Gasteiger partial charge on any atom is -0.507 e. The van der Waals surface area contributed by atoms with Crippen molar-refractivity contribution >= 4 is 23.4 Å². The van der Waals surface area contributed by atoms with Crippen LogP contribution in [-0.4, -0.2) is 70.8 Å². The predicted molar refractivity (Wildman–Crippen MR) is 126 cm³/mol. The molecule has 34 heavy (non-hydrogen) atoms. The molecule has 0 saturated carbocycles. The number of Topliss-reactive ketones (excluding diaryl/α,β-unsaturated/α-hetero) is 1. The number of H-pyrrole nitrogens is 1. The Labute approximate surface area is 199 Å². The van der Waals surface area contributed by atoms with Crippen LogP contribution in [0.25, 0.3) is 5.76 Å². The van der Waals surface area contributed by atoms with Gasteiger partial charge in [0.25, 0.3) is 11.7 Å². The van der Waals surface area contributed by atoms with Gasteiger partial charge in [0.2, 0.25) is 0 Å². The average Bonchev–Trinajstić information content (AvgIpc) is 3.45. The zero-order valence-corrected chi connectivity index (χ0v) is 20.7. The summed E-state index contributed by atoms with van der Waals surface area (Å²) >= 11 is 0. The Bertz CT molecular complexity index is 1120. The molecule has 1 saturated heterocycles. The summed E-state index contributed by atoms with van der Waals surface area (Å²) in [5.74, 6) is -1.36. The first-order chi connectivity index (χ1) is 16.2. The Kier molecular flexibility index (Phi) is 7.66. The summed E-state index contributed by atoms with van der Waals surface area (Å²) in [5, 5.41) is 11.3. The van der Waals surface area contributed by atoms with Crippen LogP contribution in [0.3, 0.4) is 0 Å². The molecule has 9 heteroatoms. The van der Waals surface area contributed by atoms with Crippen molar-refractivity contribution in [3.05, 3.63) is 51.7 Å². The first-order valence-corrected chi connectivity index (χ1v) is 11.5. The number of nitrogens with one attached hydrogen (secondary N) is 1. The standard InChI is InChI=1S/C25H33N3O6/c1-7-27(8-2)12-9-13-28-21(17-11-10-14(3)34-17)19(23(30)24(28)31)22(29)18-15(4)20(25(32)33-6)26-16(18)5/h10-11,21,26,29H,7-9,12-13H2,1-6H3. The molecule has 2 aromatic heterocycles. The van der Waals surface area contributed by atoms with Gasteiger partial charge in [-0.3, -0.25) is 9.59 Å². The van der Waals surface area contributed by atoms with Crippen LogP contribution in [0.5, 0.6) is 0 Å². The summed E-state index contributed by atoms with van der Waals surface area (Å²) in [6.07, 6.45) is 0.666. The van der Waals surface area contributed by atoms with Gasteiger partial charge in [-0.1, -0.05) is 13.8 Å². The van der Waals surface area contributed by atoms with Gasteiger partial charge in [-0.2, -0.15) is 0 Å². The van der Waals surface area contributed by atoms with Gasteiger partial charge in [-0.05, 0) is 64.5 Å². The molecule has 2 aromatic rings. The van der Waals surface area contributed by atoms with Crippen molar-refractivity contribution in [2.24, 2.45) is 0 Å². The SMILES string of the molecule is CCN(CC)CCCN1C(=O)C(=O)C(=C(O)c2c(C)[nH]c(C(=O)OC)c2C)C1c1ccc(C)o1. The highest BCUT2D eigenvalue weighted by molar-refractivity contribution is 6.46. The van der Waals surface area contributed by atoms with Gasteiger partial charge in [0.05, 0.1) is 12.7 Å². The lowest BCUT2D eigenvalue weighted by Gasteiger charge is -2.25. The number of furan rings is 1. The lowest BCUT2D eigenvalue weighted by Crippen LogP contribution is -2.33. The molecular weight excluding hydrogens is 438 g/mol. The van der Waals surface area contributed by atoms with E-state index in [1.807, 2.05) is 0 Å². The fourth-order valence-electron chi connectivity index (χ4n) is 4.56. The van der Waals surface area contributed by atoms with E-state index in [9.17, 15) is 19.5 Å². The van der Waals surface area contributed by atoms with Crippen LogP contribution >= 0.6 is 0 Å². The topological polar surface area (TPSA) is 116 Å². The summed E-state index contributed by atoms with van der Waals surface area (Å²) in [7, 11) is 1.26. The van der Waals surface area contributed by atoms with Gasteiger partial charge in [0.15, 0.2) is 0 Å². The van der Waals surface area contributed by atoms with E-state index in [1.54, 1.807) is 32.9 Å². The number of carbonyl (C=O) groups excluding carboxylic acids is 3. The first-order valence-electron chi connectivity index (χ1n) is 11.5. The van der Waals surface area contributed by atoms with Crippen molar-refractivity contribution < 1.29 is 28.6 Å². The maximum atomic E-state index is 13.2. The number of esters is 1. The number of aryl methyl sites for hydroxylation is 2. The molecule has 1 fully saturated rings. The van der Waals surface area contributed by atoms with Crippen LogP contribution in [-0.2, 0) is 14.3 Å². The second kappa shape index (κ2) is 10.3. The van der Waals surface area contributed by atoms with Gasteiger partial charge in [0.1, 0.15) is 29.0 Å². The normalized spacial score (nSPS) is 17.7. The number of methoxy groups -OCH3 is 1. The van der Waals surface area contributed by atoms with Crippen LogP contribution in [0.2, 0.25) is 0 Å². The van der Waals surface area contributed by atoms with Crippen molar-refractivity contribution in [2.45, 2.75) is 47.1 Å². The van der Waals surface area contributed by atoms with Crippen molar-refractivity contribution in [2.75, 3.05) is 33.3 Å². The van der Waals surface area contributed by atoms with E-state index in [0.717, 1.165) is 19.6 Å². The van der Waals surface area contributed by atoms with Crippen molar-refractivity contribution in [1.82, 2.24) is 14.8 Å². The highest BCUT2D eigenvalue weighted by Gasteiger charge is 2.47. The molecular formula is C25H33N3O6. The van der Waals surface area contributed by atoms with Crippen molar-refractivity contribution in [3.63, 3.8) is 0 Å². The van der Waals surface area contributed by atoms with E-state index in [1.165, 1.54) is 12.0 Å². The van der Waals surface area contributed by atoms with E-state index in [2.05, 4.69) is 23.7 Å². The third kappa shape index (κ3) is 4.52. The maximum absolute atomic E-state index is 13.2. The highest BCUT2D eigenvalue weighted by Crippen LogP contribution is 2.41. The number of likely N-dealkylation sites (tertiary alicyclic amines) is 1. The Balaban J connectivity index is 2.09. The molecule has 184 valence electrons. The fourth-order valence-corrected chi connectivity index (χ4v) is 4.56. The fraction of sp³-hybridized carbons (Fsp3) is 0.480. The van der Waals surface area contributed by atoms with Crippen LogP contribution in [0, 0.1) is 20.8 Å². The molecule has 0 aromatic carbocycles. The number of aromatic amines is 1. The summed E-state index contributed by atoms with van der Waals surface area (Å²) < 4.78 is 10.6. The van der Waals surface area contributed by atoms with Crippen LogP contribution < -0.4 is 0 Å². The smallest absolute Gasteiger partial charge is 0.354 e. The largest absolute Gasteiger partial charge is 0.507 e. The lowest BCUT2D eigenvalue weighted by atomic mass is 9.97. The Morgan fingerprint density at radius 3 is 2.44 bits per heavy atom. The van der Waals surface area contributed by atoms with E-state index >= 15 is 0 Å². The first kappa shape index (κ1) is 25.3. The van der Waals surface area contributed by atoms with Gasteiger partial charge in [-0.25, -0.2) is 4.79 Å². The molecule has 0 radical (unpaired) electrons. The summed E-state index contributed by atoms with van der Waals surface area (Å²) in [6.45, 7) is 12.2. The highest BCUT2D eigenvalue weighted by atomic mass is 16.5. The number of ether oxygens (including phenoxy) is 1. The van der Waals surface area contributed by atoms with Gasteiger partial charge >= 0.3 is 5.97 Å². The number of carbonyl (C=O) groups is 3. The molecule has 3 rings (SSSR count). The molecule has 1 amide bonds.